The highest BCUT2D eigenvalue weighted by atomic mass is 32.2. The third-order valence-electron chi connectivity index (χ3n) is 6.14. The number of nitrogens with zero attached hydrogens (tertiary/aromatic N) is 5. The molecule has 2 saturated heterocycles. The van der Waals surface area contributed by atoms with Gasteiger partial charge in [-0.2, -0.15) is 4.31 Å². The maximum absolute atomic E-state index is 13.3. The summed E-state index contributed by atoms with van der Waals surface area (Å²) in [4.78, 5) is 21.3. The summed E-state index contributed by atoms with van der Waals surface area (Å²) in [7, 11) is -3.71. The minimum Gasteiger partial charge on any atom is -0.355 e. The summed E-state index contributed by atoms with van der Waals surface area (Å²) in [6.45, 7) is 3.21. The number of anilines is 1. The summed E-state index contributed by atoms with van der Waals surface area (Å²) in [5.74, 6) is 0.637. The number of hydrogen-bond acceptors (Lipinski definition) is 7. The third kappa shape index (κ3) is 3.84. The molecular formula is C22H25N5O4S. The lowest BCUT2D eigenvalue weighted by Gasteiger charge is -2.34. The van der Waals surface area contributed by atoms with Crippen LogP contribution in [0.5, 0.6) is 0 Å². The number of carbonyl (C=O) groups excluding carboxylic acids is 1. The molecule has 0 atom stereocenters. The molecule has 32 heavy (non-hydrogen) atoms. The lowest BCUT2D eigenvalue weighted by molar-refractivity contribution is 0.0716. The molecule has 0 aliphatic carbocycles. The van der Waals surface area contributed by atoms with Gasteiger partial charge in [0.15, 0.2) is 11.3 Å². The highest BCUT2D eigenvalue weighted by Crippen LogP contribution is 2.27. The molecule has 1 amide bonds. The summed E-state index contributed by atoms with van der Waals surface area (Å²) in [6, 6.07) is 10.3. The Hall–Kier alpha value is -2.98. The Morgan fingerprint density at radius 1 is 0.938 bits per heavy atom. The highest BCUT2D eigenvalue weighted by molar-refractivity contribution is 7.89. The van der Waals surface area contributed by atoms with Crippen molar-refractivity contribution in [1.82, 2.24) is 19.3 Å². The molecule has 9 nitrogen and oxygen atoms in total. The van der Waals surface area contributed by atoms with Crippen LogP contribution >= 0.6 is 0 Å². The molecule has 4 heterocycles. The van der Waals surface area contributed by atoms with Crippen molar-refractivity contribution in [3.05, 3.63) is 48.3 Å². The van der Waals surface area contributed by atoms with Crippen LogP contribution in [0, 0.1) is 0 Å². The van der Waals surface area contributed by atoms with Gasteiger partial charge in [-0.1, -0.05) is 11.2 Å². The standard InChI is InChI=1S/C22H25N5O4S/c28-22(26-10-4-1-5-11-26)21-18-16-17(7-8-19(18)31-24-21)32(29,30)27-14-12-25(13-15-27)20-6-2-3-9-23-20/h2-3,6-9,16H,1,4-5,10-15H2. The minimum atomic E-state index is -3.71. The zero-order chi connectivity index (χ0) is 22.1. The number of piperazine rings is 1. The predicted octanol–water partition coefficient (Wildman–Crippen LogP) is 2.36. The van der Waals surface area contributed by atoms with E-state index in [4.69, 9.17) is 4.52 Å². The number of piperidine rings is 1. The Morgan fingerprint density at radius 3 is 2.44 bits per heavy atom. The van der Waals surface area contributed by atoms with E-state index in [2.05, 4.69) is 15.0 Å². The third-order valence-corrected chi connectivity index (χ3v) is 8.03. The molecule has 168 valence electrons. The number of sulfonamides is 1. The van der Waals surface area contributed by atoms with Gasteiger partial charge in [-0.15, -0.1) is 0 Å². The van der Waals surface area contributed by atoms with E-state index in [1.54, 1.807) is 17.2 Å². The lowest BCUT2D eigenvalue weighted by Crippen LogP contribution is -2.48. The van der Waals surface area contributed by atoms with E-state index in [1.165, 1.54) is 16.4 Å². The fourth-order valence-electron chi connectivity index (χ4n) is 4.33. The van der Waals surface area contributed by atoms with Crippen LogP contribution in [0.4, 0.5) is 5.82 Å². The van der Waals surface area contributed by atoms with Gasteiger partial charge in [0.25, 0.3) is 5.91 Å². The van der Waals surface area contributed by atoms with Crippen molar-refractivity contribution >= 4 is 32.7 Å². The summed E-state index contributed by atoms with van der Waals surface area (Å²) >= 11 is 0. The Bertz CT molecular complexity index is 1210. The number of rotatable bonds is 4. The zero-order valence-corrected chi connectivity index (χ0v) is 18.5. The van der Waals surface area contributed by atoms with Crippen molar-refractivity contribution in [2.75, 3.05) is 44.2 Å². The fraction of sp³-hybridized carbons (Fsp3) is 0.409. The maximum atomic E-state index is 13.3. The average Bonchev–Trinajstić information content (AvgIpc) is 3.28. The van der Waals surface area contributed by atoms with Crippen molar-refractivity contribution < 1.29 is 17.7 Å². The molecule has 2 aliphatic rings. The maximum Gasteiger partial charge on any atom is 0.276 e. The first-order valence-electron chi connectivity index (χ1n) is 10.9. The number of fused-ring (bicyclic) bond motifs is 1. The monoisotopic (exact) mass is 455 g/mol. The molecule has 5 rings (SSSR count). The van der Waals surface area contributed by atoms with Gasteiger partial charge in [0.2, 0.25) is 10.0 Å². The molecule has 0 N–H and O–H groups in total. The molecule has 2 fully saturated rings. The summed E-state index contributed by atoms with van der Waals surface area (Å²) < 4.78 is 33.4. The van der Waals surface area contributed by atoms with Crippen molar-refractivity contribution in [2.45, 2.75) is 24.2 Å². The molecule has 0 bridgehead atoms. The van der Waals surface area contributed by atoms with E-state index in [0.29, 0.717) is 50.2 Å². The van der Waals surface area contributed by atoms with Gasteiger partial charge < -0.3 is 14.3 Å². The first-order chi connectivity index (χ1) is 15.5. The van der Waals surface area contributed by atoms with Gasteiger partial charge in [0.1, 0.15) is 5.82 Å². The Labute approximate surface area is 186 Å². The number of pyridine rings is 1. The van der Waals surface area contributed by atoms with E-state index >= 15 is 0 Å². The van der Waals surface area contributed by atoms with Crippen LogP contribution in [0.25, 0.3) is 11.0 Å². The van der Waals surface area contributed by atoms with Crippen LogP contribution in [0.2, 0.25) is 0 Å². The second-order valence-electron chi connectivity index (χ2n) is 8.12. The Kier molecular flexibility index (Phi) is 5.56. The molecule has 0 saturated carbocycles. The quantitative estimate of drug-likeness (QED) is 0.595. The van der Waals surface area contributed by atoms with Crippen molar-refractivity contribution in [2.24, 2.45) is 0 Å². The van der Waals surface area contributed by atoms with Crippen molar-refractivity contribution in [1.29, 1.82) is 0 Å². The predicted molar refractivity (Wildman–Crippen MR) is 119 cm³/mol. The van der Waals surface area contributed by atoms with Gasteiger partial charge >= 0.3 is 0 Å². The number of hydrogen-bond donors (Lipinski definition) is 0. The second-order valence-corrected chi connectivity index (χ2v) is 10.1. The van der Waals surface area contributed by atoms with Gasteiger partial charge in [-0.25, -0.2) is 13.4 Å². The summed E-state index contributed by atoms with van der Waals surface area (Å²) in [6.07, 6.45) is 4.77. The highest BCUT2D eigenvalue weighted by Gasteiger charge is 2.30. The summed E-state index contributed by atoms with van der Waals surface area (Å²) in [5.41, 5.74) is 0.586. The fourth-order valence-corrected chi connectivity index (χ4v) is 5.78. The molecule has 2 aliphatic heterocycles. The van der Waals surface area contributed by atoms with Crippen LogP contribution < -0.4 is 4.90 Å². The number of aromatic nitrogens is 2. The molecule has 1 aromatic carbocycles. The topological polar surface area (TPSA) is 99.8 Å². The number of benzene rings is 1. The minimum absolute atomic E-state index is 0.146. The van der Waals surface area contributed by atoms with Crippen LogP contribution in [-0.4, -0.2) is 72.9 Å². The molecular weight excluding hydrogens is 430 g/mol. The van der Waals surface area contributed by atoms with Crippen molar-refractivity contribution in [3.8, 4) is 0 Å². The Morgan fingerprint density at radius 2 is 1.72 bits per heavy atom. The largest absolute Gasteiger partial charge is 0.355 e. The number of carbonyl (C=O) groups is 1. The Balaban J connectivity index is 1.37. The molecule has 0 radical (unpaired) electrons. The number of likely N-dealkylation sites (tertiary alicyclic amines) is 1. The first kappa shape index (κ1) is 20.9. The molecule has 10 heteroatoms. The molecule has 2 aromatic heterocycles. The molecule has 3 aromatic rings. The van der Waals surface area contributed by atoms with Crippen LogP contribution in [0.15, 0.2) is 52.0 Å². The van der Waals surface area contributed by atoms with Gasteiger partial charge in [0, 0.05) is 45.5 Å². The SMILES string of the molecule is O=C(c1noc2ccc(S(=O)(=O)N3CCN(c4ccccn4)CC3)cc12)N1CCCCC1. The second kappa shape index (κ2) is 8.51. The summed E-state index contributed by atoms with van der Waals surface area (Å²) in [5, 5.41) is 4.40. The van der Waals surface area contributed by atoms with Crippen LogP contribution in [0.3, 0.4) is 0 Å². The van der Waals surface area contributed by atoms with Crippen LogP contribution in [0.1, 0.15) is 29.8 Å². The molecule has 0 spiro atoms. The van der Waals surface area contributed by atoms with Gasteiger partial charge in [-0.05, 0) is 49.6 Å². The normalized spacial score (nSPS) is 18.2. The zero-order valence-electron chi connectivity index (χ0n) is 17.7. The van der Waals surface area contributed by atoms with Gasteiger partial charge in [0.05, 0.1) is 10.3 Å². The van der Waals surface area contributed by atoms with Crippen molar-refractivity contribution in [3.63, 3.8) is 0 Å². The van der Waals surface area contributed by atoms with E-state index in [0.717, 1.165) is 25.1 Å². The van der Waals surface area contributed by atoms with E-state index in [-0.39, 0.29) is 16.5 Å². The van der Waals surface area contributed by atoms with Crippen LogP contribution in [-0.2, 0) is 10.0 Å². The van der Waals surface area contributed by atoms with E-state index in [9.17, 15) is 13.2 Å². The first-order valence-corrected chi connectivity index (χ1v) is 12.3. The van der Waals surface area contributed by atoms with Gasteiger partial charge in [-0.3, -0.25) is 4.79 Å². The smallest absolute Gasteiger partial charge is 0.276 e. The number of amides is 1. The van der Waals surface area contributed by atoms with E-state index < -0.39 is 10.0 Å². The van der Waals surface area contributed by atoms with E-state index in [1.807, 2.05) is 18.2 Å². The lowest BCUT2D eigenvalue weighted by atomic mass is 10.1. The molecule has 0 unspecified atom stereocenters. The average molecular weight is 456 g/mol.